The number of benzene rings is 2. The summed E-state index contributed by atoms with van der Waals surface area (Å²) in [5.41, 5.74) is 1.34. The summed E-state index contributed by atoms with van der Waals surface area (Å²) in [6, 6.07) is 9.79. The van der Waals surface area contributed by atoms with Crippen molar-refractivity contribution in [3.05, 3.63) is 52.5 Å². The number of ether oxygens (including phenoxy) is 2. The molecule has 1 unspecified atom stereocenters. The molecule has 7 nitrogen and oxygen atoms in total. The molecular weight excluding hydrogens is 452 g/mol. The molecule has 0 radical (unpaired) electrons. The van der Waals surface area contributed by atoms with Gasteiger partial charge in [-0.2, -0.15) is 4.31 Å². The van der Waals surface area contributed by atoms with E-state index in [1.807, 2.05) is 19.1 Å². The minimum Gasteiger partial charge on any atom is -0.486 e. The van der Waals surface area contributed by atoms with Gasteiger partial charge in [0.1, 0.15) is 13.2 Å². The van der Waals surface area contributed by atoms with Crippen molar-refractivity contribution in [1.29, 1.82) is 0 Å². The van der Waals surface area contributed by atoms with E-state index < -0.39 is 10.0 Å². The van der Waals surface area contributed by atoms with E-state index in [2.05, 4.69) is 5.32 Å². The van der Waals surface area contributed by atoms with Crippen molar-refractivity contribution in [3.63, 3.8) is 0 Å². The first-order valence-electron chi connectivity index (χ1n) is 10.8. The topological polar surface area (TPSA) is 84.9 Å². The molecule has 9 heteroatoms. The summed E-state index contributed by atoms with van der Waals surface area (Å²) in [7, 11) is -3.55. The van der Waals surface area contributed by atoms with Crippen LogP contribution in [0.5, 0.6) is 11.5 Å². The molecule has 1 saturated heterocycles. The maximum Gasteiger partial charge on any atom is 0.251 e. The van der Waals surface area contributed by atoms with Crippen LogP contribution in [0, 0.1) is 0 Å². The maximum absolute atomic E-state index is 12.9. The number of nitrogens with zero attached hydrogens (tertiary/aromatic N) is 1. The first kappa shape index (κ1) is 22.9. The van der Waals surface area contributed by atoms with Gasteiger partial charge in [-0.25, -0.2) is 8.42 Å². The number of nitrogens with one attached hydrogen (secondary N) is 1. The highest BCUT2D eigenvalue weighted by Gasteiger charge is 2.30. The van der Waals surface area contributed by atoms with Crippen molar-refractivity contribution in [2.75, 3.05) is 26.3 Å². The Morgan fingerprint density at radius 1 is 1.16 bits per heavy atom. The fraction of sp³-hybridized carbons (Fsp3) is 0.435. The Labute approximate surface area is 193 Å². The number of amides is 1. The predicted molar refractivity (Wildman–Crippen MR) is 122 cm³/mol. The summed E-state index contributed by atoms with van der Waals surface area (Å²) in [5.74, 6) is 0.911. The molecule has 0 bridgehead atoms. The summed E-state index contributed by atoms with van der Waals surface area (Å²) < 4.78 is 38.5. The number of hydrogen-bond donors (Lipinski definition) is 1. The van der Waals surface area contributed by atoms with Gasteiger partial charge >= 0.3 is 0 Å². The SMILES string of the molecule is CC1CCCCN1S(=O)(=O)c1ccc(C(=O)NCCc2cc(Cl)c3c(c2)OCCO3)cc1. The highest BCUT2D eigenvalue weighted by molar-refractivity contribution is 7.89. The molecule has 32 heavy (non-hydrogen) atoms. The molecule has 2 aliphatic heterocycles. The molecule has 0 saturated carbocycles. The zero-order valence-corrected chi connectivity index (χ0v) is 19.5. The van der Waals surface area contributed by atoms with Gasteiger partial charge in [0, 0.05) is 24.7 Å². The minimum absolute atomic E-state index is 0.00853. The van der Waals surface area contributed by atoms with E-state index in [0.29, 0.717) is 54.8 Å². The van der Waals surface area contributed by atoms with Crippen LogP contribution in [-0.2, 0) is 16.4 Å². The summed E-state index contributed by atoms with van der Waals surface area (Å²) in [5, 5.41) is 3.35. The van der Waals surface area contributed by atoms with E-state index in [0.717, 1.165) is 24.8 Å². The van der Waals surface area contributed by atoms with Gasteiger partial charge in [-0.15, -0.1) is 0 Å². The largest absolute Gasteiger partial charge is 0.486 e. The summed E-state index contributed by atoms with van der Waals surface area (Å²) in [6.45, 7) is 3.83. The molecule has 2 aromatic rings. The molecule has 2 heterocycles. The van der Waals surface area contributed by atoms with Crippen LogP contribution in [0.25, 0.3) is 0 Å². The van der Waals surface area contributed by atoms with Crippen LogP contribution in [0.4, 0.5) is 0 Å². The average Bonchev–Trinajstić information content (AvgIpc) is 2.79. The van der Waals surface area contributed by atoms with Crippen molar-refractivity contribution < 1.29 is 22.7 Å². The maximum atomic E-state index is 12.9. The third-order valence-corrected chi connectivity index (χ3v) is 8.13. The van der Waals surface area contributed by atoms with Gasteiger partial charge in [0.25, 0.3) is 5.91 Å². The number of piperidine rings is 1. The lowest BCUT2D eigenvalue weighted by Crippen LogP contribution is -2.41. The quantitative estimate of drug-likeness (QED) is 0.685. The Kier molecular flexibility index (Phi) is 6.93. The number of halogens is 1. The third-order valence-electron chi connectivity index (χ3n) is 5.82. The van der Waals surface area contributed by atoms with Gasteiger partial charge in [0.2, 0.25) is 10.0 Å². The number of carbonyl (C=O) groups excluding carboxylic acids is 1. The third kappa shape index (κ3) is 4.87. The highest BCUT2D eigenvalue weighted by atomic mass is 35.5. The van der Waals surface area contributed by atoms with Crippen LogP contribution in [0.15, 0.2) is 41.3 Å². The van der Waals surface area contributed by atoms with Crippen LogP contribution in [0.2, 0.25) is 5.02 Å². The smallest absolute Gasteiger partial charge is 0.251 e. The number of fused-ring (bicyclic) bond motifs is 1. The minimum atomic E-state index is -3.55. The molecule has 0 aromatic heterocycles. The number of hydrogen-bond acceptors (Lipinski definition) is 5. The van der Waals surface area contributed by atoms with E-state index in [-0.39, 0.29) is 16.8 Å². The summed E-state index contributed by atoms with van der Waals surface area (Å²) in [4.78, 5) is 12.7. The van der Waals surface area contributed by atoms with Gasteiger partial charge < -0.3 is 14.8 Å². The number of rotatable bonds is 6. The zero-order valence-electron chi connectivity index (χ0n) is 18.0. The van der Waals surface area contributed by atoms with Crippen LogP contribution < -0.4 is 14.8 Å². The second-order valence-electron chi connectivity index (χ2n) is 8.09. The van der Waals surface area contributed by atoms with E-state index in [1.165, 1.54) is 12.1 Å². The van der Waals surface area contributed by atoms with Crippen LogP contribution in [-0.4, -0.2) is 51.0 Å². The Morgan fingerprint density at radius 3 is 2.66 bits per heavy atom. The Morgan fingerprint density at radius 2 is 1.91 bits per heavy atom. The predicted octanol–water partition coefficient (Wildman–Crippen LogP) is 3.65. The standard InChI is InChI=1S/C23H27ClN2O5S/c1-16-4-2-3-11-26(16)32(28,29)19-7-5-18(6-8-19)23(27)25-10-9-17-14-20(24)22-21(15-17)30-12-13-31-22/h5-8,14-16H,2-4,9-13H2,1H3,(H,25,27). The van der Waals surface area contributed by atoms with Crippen LogP contribution >= 0.6 is 11.6 Å². The summed E-state index contributed by atoms with van der Waals surface area (Å²) in [6.07, 6.45) is 3.36. The number of sulfonamides is 1. The molecule has 1 atom stereocenters. The highest BCUT2D eigenvalue weighted by Crippen LogP contribution is 2.38. The molecule has 4 rings (SSSR count). The van der Waals surface area contributed by atoms with Crippen LogP contribution in [0.1, 0.15) is 42.1 Å². The van der Waals surface area contributed by atoms with E-state index in [4.69, 9.17) is 21.1 Å². The normalized spacial score (nSPS) is 18.9. The fourth-order valence-corrected chi connectivity index (χ4v) is 6.06. The van der Waals surface area contributed by atoms with Crippen molar-refractivity contribution in [3.8, 4) is 11.5 Å². The molecule has 1 fully saturated rings. The lowest BCUT2D eigenvalue weighted by atomic mass is 10.1. The van der Waals surface area contributed by atoms with Gasteiger partial charge in [-0.3, -0.25) is 4.79 Å². The van der Waals surface area contributed by atoms with Crippen molar-refractivity contribution >= 4 is 27.5 Å². The monoisotopic (exact) mass is 478 g/mol. The van der Waals surface area contributed by atoms with E-state index in [1.54, 1.807) is 16.4 Å². The molecule has 0 spiro atoms. The van der Waals surface area contributed by atoms with Gasteiger partial charge in [-0.1, -0.05) is 18.0 Å². The lowest BCUT2D eigenvalue weighted by molar-refractivity contribution is 0.0954. The number of carbonyl (C=O) groups is 1. The molecule has 2 aromatic carbocycles. The zero-order chi connectivity index (χ0) is 22.7. The van der Waals surface area contributed by atoms with Gasteiger partial charge in [-0.05, 0) is 68.1 Å². The Bertz CT molecular complexity index is 1090. The molecular formula is C23H27ClN2O5S. The van der Waals surface area contributed by atoms with Gasteiger partial charge in [0.15, 0.2) is 11.5 Å². The average molecular weight is 479 g/mol. The Hall–Kier alpha value is -2.29. The second-order valence-corrected chi connectivity index (χ2v) is 10.4. The van der Waals surface area contributed by atoms with Crippen molar-refractivity contribution in [1.82, 2.24) is 9.62 Å². The molecule has 0 aliphatic carbocycles. The first-order chi connectivity index (χ1) is 15.4. The molecule has 172 valence electrons. The molecule has 2 aliphatic rings. The van der Waals surface area contributed by atoms with E-state index >= 15 is 0 Å². The van der Waals surface area contributed by atoms with Crippen molar-refractivity contribution in [2.24, 2.45) is 0 Å². The van der Waals surface area contributed by atoms with Crippen LogP contribution in [0.3, 0.4) is 0 Å². The second kappa shape index (κ2) is 9.68. The lowest BCUT2D eigenvalue weighted by Gasteiger charge is -2.32. The molecule has 1 amide bonds. The van der Waals surface area contributed by atoms with Crippen molar-refractivity contribution in [2.45, 2.75) is 43.5 Å². The fourth-order valence-electron chi connectivity index (χ4n) is 4.07. The molecule has 1 N–H and O–H groups in total. The van der Waals surface area contributed by atoms with Gasteiger partial charge in [0.05, 0.1) is 9.92 Å². The van der Waals surface area contributed by atoms with E-state index in [9.17, 15) is 13.2 Å². The Balaban J connectivity index is 1.36. The summed E-state index contributed by atoms with van der Waals surface area (Å²) >= 11 is 6.26. The first-order valence-corrected chi connectivity index (χ1v) is 12.7.